The third-order valence-corrected chi connectivity index (χ3v) is 4.00. The van der Waals surface area contributed by atoms with Crippen LogP contribution in [0.25, 0.3) is 22.4 Å². The maximum absolute atomic E-state index is 12.4. The van der Waals surface area contributed by atoms with Crippen LogP contribution in [0.4, 0.5) is 5.82 Å². The van der Waals surface area contributed by atoms with Crippen molar-refractivity contribution >= 4 is 22.9 Å². The van der Waals surface area contributed by atoms with E-state index in [1.165, 1.54) is 12.1 Å². The van der Waals surface area contributed by atoms with Gasteiger partial charge in [0.25, 0.3) is 5.91 Å². The summed E-state index contributed by atoms with van der Waals surface area (Å²) in [5.41, 5.74) is 2.64. The van der Waals surface area contributed by atoms with Gasteiger partial charge in [-0.3, -0.25) is 9.89 Å². The molecular formula is C19H15N5O3. The number of phenolic OH excluding ortho intramolecular Hbond substituents is 1. The van der Waals surface area contributed by atoms with Crippen molar-refractivity contribution in [2.45, 2.75) is 0 Å². The molecule has 0 saturated carbocycles. The van der Waals surface area contributed by atoms with Crippen LogP contribution in [0, 0.1) is 0 Å². The molecule has 2 aromatic carbocycles. The van der Waals surface area contributed by atoms with Crippen molar-refractivity contribution in [2.75, 3.05) is 12.4 Å². The van der Waals surface area contributed by atoms with Gasteiger partial charge in [0.15, 0.2) is 11.3 Å². The zero-order chi connectivity index (χ0) is 18.8. The van der Waals surface area contributed by atoms with Gasteiger partial charge in [-0.2, -0.15) is 5.10 Å². The molecular weight excluding hydrogens is 346 g/mol. The summed E-state index contributed by atoms with van der Waals surface area (Å²) in [7, 11) is 1.60. The second-order valence-corrected chi connectivity index (χ2v) is 5.76. The van der Waals surface area contributed by atoms with E-state index < -0.39 is 5.91 Å². The Labute approximate surface area is 153 Å². The van der Waals surface area contributed by atoms with Crippen molar-refractivity contribution in [1.29, 1.82) is 0 Å². The number of aromatic nitrogens is 4. The Kier molecular flexibility index (Phi) is 4.13. The average Bonchev–Trinajstić information content (AvgIpc) is 3.10. The van der Waals surface area contributed by atoms with Crippen molar-refractivity contribution in [2.24, 2.45) is 0 Å². The van der Waals surface area contributed by atoms with Crippen LogP contribution in [-0.2, 0) is 0 Å². The van der Waals surface area contributed by atoms with E-state index in [4.69, 9.17) is 4.74 Å². The van der Waals surface area contributed by atoms with E-state index in [0.29, 0.717) is 28.2 Å². The Balaban J connectivity index is 1.66. The summed E-state index contributed by atoms with van der Waals surface area (Å²) >= 11 is 0. The molecule has 2 aromatic heterocycles. The van der Waals surface area contributed by atoms with Crippen LogP contribution in [0.2, 0.25) is 0 Å². The summed E-state index contributed by atoms with van der Waals surface area (Å²) in [6.07, 6.45) is 1.62. The number of carbonyl (C=O) groups excluding carboxylic acids is 1. The highest BCUT2D eigenvalue weighted by Crippen LogP contribution is 2.24. The van der Waals surface area contributed by atoms with Crippen molar-refractivity contribution < 1.29 is 14.6 Å². The molecule has 0 radical (unpaired) electrons. The first-order chi connectivity index (χ1) is 13.1. The maximum atomic E-state index is 12.4. The Hall–Kier alpha value is -3.94. The number of nitrogens with one attached hydrogen (secondary N) is 2. The average molecular weight is 361 g/mol. The molecule has 8 heteroatoms. The summed E-state index contributed by atoms with van der Waals surface area (Å²) in [6.45, 7) is 0. The fraction of sp³-hybridized carbons (Fsp3) is 0.0526. The van der Waals surface area contributed by atoms with Gasteiger partial charge < -0.3 is 15.2 Å². The molecule has 4 rings (SSSR count). The highest BCUT2D eigenvalue weighted by Gasteiger charge is 2.14. The fourth-order valence-electron chi connectivity index (χ4n) is 2.61. The second-order valence-electron chi connectivity index (χ2n) is 5.76. The molecule has 0 saturated heterocycles. The number of carbonyl (C=O) groups is 1. The van der Waals surface area contributed by atoms with Crippen molar-refractivity contribution in [3.05, 3.63) is 60.3 Å². The van der Waals surface area contributed by atoms with E-state index >= 15 is 0 Å². The minimum Gasteiger partial charge on any atom is -0.508 e. The Morgan fingerprint density at radius 2 is 2.00 bits per heavy atom. The number of ether oxygens (including phenoxy) is 1. The zero-order valence-electron chi connectivity index (χ0n) is 14.3. The van der Waals surface area contributed by atoms with Crippen LogP contribution in [0.15, 0.2) is 54.7 Å². The van der Waals surface area contributed by atoms with E-state index in [-0.39, 0.29) is 5.75 Å². The number of amides is 1. The molecule has 4 aromatic rings. The number of anilines is 1. The molecule has 0 unspecified atom stereocenters. The molecule has 3 N–H and O–H groups in total. The minimum absolute atomic E-state index is 0.0127. The monoisotopic (exact) mass is 361 g/mol. The summed E-state index contributed by atoms with van der Waals surface area (Å²) in [4.78, 5) is 21.3. The normalized spacial score (nSPS) is 10.7. The molecule has 134 valence electrons. The van der Waals surface area contributed by atoms with Crippen LogP contribution < -0.4 is 10.1 Å². The summed E-state index contributed by atoms with van der Waals surface area (Å²) < 4.78 is 5.16. The molecule has 2 heterocycles. The van der Waals surface area contributed by atoms with Crippen LogP contribution in [-0.4, -0.2) is 38.3 Å². The number of hydrogen-bond acceptors (Lipinski definition) is 6. The largest absolute Gasteiger partial charge is 0.508 e. The van der Waals surface area contributed by atoms with E-state index in [1.807, 2.05) is 24.3 Å². The van der Waals surface area contributed by atoms with Crippen LogP contribution in [0.5, 0.6) is 11.5 Å². The lowest BCUT2D eigenvalue weighted by molar-refractivity contribution is 0.102. The first kappa shape index (κ1) is 16.5. The number of rotatable bonds is 4. The van der Waals surface area contributed by atoms with Gasteiger partial charge in [0.2, 0.25) is 5.65 Å². The smallest absolute Gasteiger partial charge is 0.256 e. The summed E-state index contributed by atoms with van der Waals surface area (Å²) in [5.74, 6) is 0.697. The number of H-pyrrole nitrogens is 1. The molecule has 0 spiro atoms. The molecule has 8 nitrogen and oxygen atoms in total. The SMILES string of the molecule is COc1ccc(-c2cnc3n[nH]c(NC(=O)c4cccc(O)c4)c3n2)cc1. The number of hydrogen-bond donors (Lipinski definition) is 3. The van der Waals surface area contributed by atoms with E-state index in [1.54, 1.807) is 25.4 Å². The lowest BCUT2D eigenvalue weighted by Gasteiger charge is -2.05. The molecule has 1 amide bonds. The van der Waals surface area contributed by atoms with Crippen LogP contribution in [0.1, 0.15) is 10.4 Å². The first-order valence-electron chi connectivity index (χ1n) is 8.10. The third kappa shape index (κ3) is 3.28. The van der Waals surface area contributed by atoms with Gasteiger partial charge in [-0.05, 0) is 42.5 Å². The molecule has 27 heavy (non-hydrogen) atoms. The van der Waals surface area contributed by atoms with Crippen LogP contribution in [0.3, 0.4) is 0 Å². The Bertz CT molecular complexity index is 1120. The molecule has 0 aliphatic heterocycles. The topological polar surface area (TPSA) is 113 Å². The molecule has 0 aliphatic rings. The Morgan fingerprint density at radius 1 is 1.19 bits per heavy atom. The van der Waals surface area contributed by atoms with Crippen LogP contribution >= 0.6 is 0 Å². The minimum atomic E-state index is -0.395. The molecule has 0 aliphatic carbocycles. The number of fused-ring (bicyclic) bond motifs is 1. The molecule has 0 fully saturated rings. The van der Waals surface area contributed by atoms with Gasteiger partial charge in [0.05, 0.1) is 19.0 Å². The number of phenols is 1. The number of aromatic hydroxyl groups is 1. The lowest BCUT2D eigenvalue weighted by Crippen LogP contribution is -2.12. The van der Waals surface area contributed by atoms with Gasteiger partial charge >= 0.3 is 0 Å². The maximum Gasteiger partial charge on any atom is 0.256 e. The fourth-order valence-corrected chi connectivity index (χ4v) is 2.61. The van der Waals surface area contributed by atoms with Gasteiger partial charge in [0, 0.05) is 11.1 Å². The first-order valence-corrected chi connectivity index (χ1v) is 8.10. The molecule has 0 atom stereocenters. The van der Waals surface area contributed by atoms with Crippen molar-refractivity contribution in [3.63, 3.8) is 0 Å². The number of aromatic amines is 1. The number of methoxy groups -OCH3 is 1. The van der Waals surface area contributed by atoms with E-state index in [9.17, 15) is 9.90 Å². The number of benzene rings is 2. The Morgan fingerprint density at radius 3 is 2.74 bits per heavy atom. The van der Waals surface area contributed by atoms with Gasteiger partial charge in [-0.15, -0.1) is 0 Å². The third-order valence-electron chi connectivity index (χ3n) is 4.00. The van der Waals surface area contributed by atoms with E-state index in [0.717, 1.165) is 11.3 Å². The van der Waals surface area contributed by atoms with Gasteiger partial charge in [-0.1, -0.05) is 6.07 Å². The van der Waals surface area contributed by atoms with Crippen molar-refractivity contribution in [3.8, 4) is 22.8 Å². The second kappa shape index (κ2) is 6.75. The standard InChI is InChI=1S/C19H15N5O3/c1-27-14-7-5-11(6-8-14)15-10-20-17-16(21-15)18(24-23-17)22-19(26)12-3-2-4-13(25)9-12/h2-10,25H,1H3,(H2,20,22,23,24,26). The number of nitrogens with zero attached hydrogens (tertiary/aromatic N) is 3. The summed E-state index contributed by atoms with van der Waals surface area (Å²) in [6, 6.07) is 13.5. The quantitative estimate of drug-likeness (QED) is 0.515. The van der Waals surface area contributed by atoms with Gasteiger partial charge in [0.1, 0.15) is 11.5 Å². The predicted octanol–water partition coefficient (Wildman–Crippen LogP) is 2.99. The van der Waals surface area contributed by atoms with Gasteiger partial charge in [-0.25, -0.2) is 9.97 Å². The molecule has 0 bridgehead atoms. The highest BCUT2D eigenvalue weighted by molar-refractivity contribution is 6.07. The van der Waals surface area contributed by atoms with E-state index in [2.05, 4.69) is 25.5 Å². The summed E-state index contributed by atoms with van der Waals surface area (Å²) in [5, 5.41) is 19.0. The highest BCUT2D eigenvalue weighted by atomic mass is 16.5. The predicted molar refractivity (Wildman–Crippen MR) is 99.7 cm³/mol. The lowest BCUT2D eigenvalue weighted by atomic mass is 10.1. The zero-order valence-corrected chi connectivity index (χ0v) is 14.3. The van der Waals surface area contributed by atoms with Crippen molar-refractivity contribution in [1.82, 2.24) is 20.2 Å².